The second kappa shape index (κ2) is 7.90. The summed E-state index contributed by atoms with van der Waals surface area (Å²) in [6.07, 6.45) is 2.58. The van der Waals surface area contributed by atoms with Crippen LogP contribution in [0.5, 0.6) is 0 Å². The summed E-state index contributed by atoms with van der Waals surface area (Å²) in [4.78, 5) is 17.3. The summed E-state index contributed by atoms with van der Waals surface area (Å²) in [7, 11) is 0. The van der Waals surface area contributed by atoms with E-state index in [9.17, 15) is 9.18 Å². The minimum atomic E-state index is -0.307. The molecular formula is C19H18FN3OS. The molecule has 25 heavy (non-hydrogen) atoms. The molecule has 6 heteroatoms. The van der Waals surface area contributed by atoms with Crippen LogP contribution in [0.3, 0.4) is 0 Å². The molecule has 2 aromatic carbocycles. The van der Waals surface area contributed by atoms with Crippen LogP contribution in [-0.2, 0) is 11.2 Å². The van der Waals surface area contributed by atoms with Gasteiger partial charge >= 0.3 is 0 Å². The van der Waals surface area contributed by atoms with Crippen molar-refractivity contribution in [1.29, 1.82) is 0 Å². The van der Waals surface area contributed by atoms with Gasteiger partial charge in [-0.3, -0.25) is 4.79 Å². The first kappa shape index (κ1) is 17.1. The molecule has 1 amide bonds. The maximum Gasteiger partial charge on any atom is 0.245 e. The largest absolute Gasteiger partial charge is 0.376 e. The molecule has 0 fully saturated rings. The third-order valence-corrected chi connectivity index (χ3v) is 4.51. The Bertz CT molecular complexity index is 844. The Labute approximate surface area is 149 Å². The maximum atomic E-state index is 12.8. The van der Waals surface area contributed by atoms with Crippen LogP contribution in [0.25, 0.3) is 0 Å². The summed E-state index contributed by atoms with van der Waals surface area (Å²) in [6, 6.07) is 14.2. The average molecular weight is 355 g/mol. The van der Waals surface area contributed by atoms with Crippen LogP contribution < -0.4 is 10.6 Å². The van der Waals surface area contributed by atoms with Crippen LogP contribution in [-0.4, -0.2) is 17.4 Å². The predicted octanol–water partition coefficient (Wildman–Crippen LogP) is 4.23. The molecule has 0 saturated heterocycles. The van der Waals surface area contributed by atoms with Gasteiger partial charge in [0.25, 0.3) is 0 Å². The van der Waals surface area contributed by atoms with Crippen molar-refractivity contribution in [2.45, 2.75) is 13.3 Å². The van der Waals surface area contributed by atoms with Crippen molar-refractivity contribution >= 4 is 28.1 Å². The first-order valence-electron chi connectivity index (χ1n) is 7.88. The van der Waals surface area contributed by atoms with Crippen LogP contribution >= 0.6 is 11.3 Å². The zero-order chi connectivity index (χ0) is 17.6. The summed E-state index contributed by atoms with van der Waals surface area (Å²) < 4.78 is 12.8. The molecule has 0 aliphatic carbocycles. The number of rotatable bonds is 6. The van der Waals surface area contributed by atoms with E-state index in [1.807, 2.05) is 0 Å². The molecule has 1 aromatic heterocycles. The first-order valence-corrected chi connectivity index (χ1v) is 8.70. The van der Waals surface area contributed by atoms with Crippen LogP contribution in [0.15, 0.2) is 54.7 Å². The van der Waals surface area contributed by atoms with Crippen molar-refractivity contribution in [3.8, 4) is 0 Å². The minimum absolute atomic E-state index is 0.0957. The van der Waals surface area contributed by atoms with Crippen LogP contribution in [0.1, 0.15) is 16.0 Å². The molecule has 0 saturated carbocycles. The van der Waals surface area contributed by atoms with Gasteiger partial charge in [0.1, 0.15) is 5.82 Å². The van der Waals surface area contributed by atoms with Gasteiger partial charge < -0.3 is 10.6 Å². The molecule has 0 unspecified atom stereocenters. The van der Waals surface area contributed by atoms with Gasteiger partial charge in [0.05, 0.1) is 6.54 Å². The summed E-state index contributed by atoms with van der Waals surface area (Å²) >= 11 is 1.46. The molecule has 128 valence electrons. The summed E-state index contributed by atoms with van der Waals surface area (Å²) in [6.45, 7) is 2.16. The summed E-state index contributed by atoms with van der Waals surface area (Å²) in [5, 5.41) is 6.29. The van der Waals surface area contributed by atoms with Crippen LogP contribution in [0, 0.1) is 12.7 Å². The Morgan fingerprint density at radius 2 is 1.84 bits per heavy atom. The van der Waals surface area contributed by atoms with E-state index in [0.717, 1.165) is 11.3 Å². The fourth-order valence-electron chi connectivity index (χ4n) is 2.27. The number of hydrogen-bond acceptors (Lipinski definition) is 4. The fraction of sp³-hybridized carbons (Fsp3) is 0.158. The highest BCUT2D eigenvalue weighted by atomic mass is 32.1. The molecule has 2 N–H and O–H groups in total. The van der Waals surface area contributed by atoms with Crippen LogP contribution in [0.4, 0.5) is 15.2 Å². The van der Waals surface area contributed by atoms with Crippen molar-refractivity contribution in [3.05, 3.63) is 76.5 Å². The third kappa shape index (κ3) is 5.12. The molecule has 0 aliphatic heterocycles. The van der Waals surface area contributed by atoms with E-state index in [-0.39, 0.29) is 18.3 Å². The van der Waals surface area contributed by atoms with Gasteiger partial charge in [-0.1, -0.05) is 29.8 Å². The van der Waals surface area contributed by atoms with Crippen LogP contribution in [0.2, 0.25) is 0 Å². The number of anilines is 2. The predicted molar refractivity (Wildman–Crippen MR) is 99.6 cm³/mol. The van der Waals surface area contributed by atoms with Gasteiger partial charge in [-0.15, -0.1) is 11.3 Å². The number of aromatic nitrogens is 1. The Balaban J connectivity index is 1.51. The number of carbonyl (C=O) groups excluding carboxylic acids is 1. The summed E-state index contributed by atoms with van der Waals surface area (Å²) in [5.41, 5.74) is 3.13. The maximum absolute atomic E-state index is 12.8. The molecule has 4 nitrogen and oxygen atoms in total. The van der Waals surface area contributed by atoms with Crippen molar-refractivity contribution in [2.75, 3.05) is 17.2 Å². The van der Waals surface area contributed by atoms with Crippen molar-refractivity contribution in [2.24, 2.45) is 0 Å². The molecule has 0 aliphatic rings. The second-order valence-electron chi connectivity index (χ2n) is 5.70. The highest BCUT2D eigenvalue weighted by Gasteiger charge is 2.07. The molecule has 1 heterocycles. The van der Waals surface area contributed by atoms with E-state index in [2.05, 4.69) is 46.8 Å². The topological polar surface area (TPSA) is 54.0 Å². The summed E-state index contributed by atoms with van der Waals surface area (Å²) in [5.74, 6) is -0.501. The zero-order valence-corrected chi connectivity index (χ0v) is 14.6. The average Bonchev–Trinajstić information content (AvgIpc) is 3.03. The highest BCUT2D eigenvalue weighted by molar-refractivity contribution is 7.15. The quantitative estimate of drug-likeness (QED) is 0.696. The molecular weight excluding hydrogens is 337 g/mol. The molecule has 3 aromatic rings. The molecule has 3 rings (SSSR count). The SMILES string of the molecule is Cc1ccc(Cc2cnc(NC(=O)CNc3ccc(F)cc3)s2)cc1. The van der Waals surface area contributed by atoms with E-state index < -0.39 is 0 Å². The lowest BCUT2D eigenvalue weighted by Gasteiger charge is -2.05. The van der Waals surface area contributed by atoms with Crippen molar-refractivity contribution < 1.29 is 9.18 Å². The number of halogens is 1. The number of hydrogen-bond donors (Lipinski definition) is 2. The first-order chi connectivity index (χ1) is 12.1. The van der Waals surface area contributed by atoms with Crippen molar-refractivity contribution in [3.63, 3.8) is 0 Å². The fourth-order valence-corrected chi connectivity index (χ4v) is 3.13. The number of amides is 1. The monoisotopic (exact) mass is 355 g/mol. The van der Waals surface area contributed by atoms with Gasteiger partial charge in [-0.2, -0.15) is 0 Å². The lowest BCUT2D eigenvalue weighted by Crippen LogP contribution is -2.21. The Hall–Kier alpha value is -2.73. The minimum Gasteiger partial charge on any atom is -0.376 e. The number of thiazole rings is 1. The Morgan fingerprint density at radius 3 is 2.56 bits per heavy atom. The Kier molecular flexibility index (Phi) is 5.40. The molecule has 0 bridgehead atoms. The lowest BCUT2D eigenvalue weighted by molar-refractivity contribution is -0.114. The molecule has 0 radical (unpaired) electrons. The van der Waals surface area contributed by atoms with E-state index >= 15 is 0 Å². The second-order valence-corrected chi connectivity index (χ2v) is 6.82. The zero-order valence-electron chi connectivity index (χ0n) is 13.8. The molecule has 0 atom stereocenters. The number of aryl methyl sites for hydroxylation is 1. The van der Waals surface area contributed by atoms with Crippen molar-refractivity contribution in [1.82, 2.24) is 4.98 Å². The van der Waals surface area contributed by atoms with Gasteiger partial charge in [-0.05, 0) is 36.8 Å². The molecule has 0 spiro atoms. The smallest absolute Gasteiger partial charge is 0.245 e. The number of carbonyl (C=O) groups is 1. The number of nitrogens with one attached hydrogen (secondary N) is 2. The van der Waals surface area contributed by atoms with Gasteiger partial charge in [0.15, 0.2) is 5.13 Å². The van der Waals surface area contributed by atoms with E-state index in [0.29, 0.717) is 10.8 Å². The third-order valence-electron chi connectivity index (χ3n) is 3.60. The van der Waals surface area contributed by atoms with Gasteiger partial charge in [0, 0.05) is 23.2 Å². The van der Waals surface area contributed by atoms with Gasteiger partial charge in [-0.25, -0.2) is 9.37 Å². The van der Waals surface area contributed by atoms with Gasteiger partial charge in [0.2, 0.25) is 5.91 Å². The standard InChI is InChI=1S/C19H18FN3OS/c1-13-2-4-14(5-3-13)10-17-11-22-19(25-17)23-18(24)12-21-16-8-6-15(20)7-9-16/h2-9,11,21H,10,12H2,1H3,(H,22,23,24). The highest BCUT2D eigenvalue weighted by Crippen LogP contribution is 2.21. The number of benzene rings is 2. The number of nitrogens with zero attached hydrogens (tertiary/aromatic N) is 1. The van der Waals surface area contributed by atoms with E-state index in [4.69, 9.17) is 0 Å². The normalized spacial score (nSPS) is 10.5. The Morgan fingerprint density at radius 1 is 1.12 bits per heavy atom. The van der Waals surface area contributed by atoms with E-state index in [1.54, 1.807) is 18.3 Å². The van der Waals surface area contributed by atoms with E-state index in [1.165, 1.54) is 34.6 Å². The lowest BCUT2D eigenvalue weighted by atomic mass is 10.1.